The van der Waals surface area contributed by atoms with Crippen LogP contribution in [0.1, 0.15) is 16.7 Å². The van der Waals surface area contributed by atoms with Gasteiger partial charge in [-0.2, -0.15) is 0 Å². The lowest BCUT2D eigenvalue weighted by molar-refractivity contribution is 0.306. The van der Waals surface area contributed by atoms with Gasteiger partial charge in [-0.15, -0.1) is 0 Å². The van der Waals surface area contributed by atoms with Crippen LogP contribution < -0.4 is 10.4 Å². The van der Waals surface area contributed by atoms with Gasteiger partial charge < -0.3 is 18.7 Å². The van der Waals surface area contributed by atoms with E-state index in [1.165, 1.54) is 6.92 Å². The standard InChI is InChI=1S/C22H17ClO5/c1-12-20(24)13(2)22(25)28-21(12)19-9-15-5-8-17(10-18(15)27-19)26-11-14-3-6-16(23)7-4-14/h3-10,24H,11H2,1-2H3. The number of furan rings is 1. The van der Waals surface area contributed by atoms with Crippen molar-refractivity contribution in [3.63, 3.8) is 0 Å². The third-order valence-corrected chi connectivity index (χ3v) is 4.84. The lowest BCUT2D eigenvalue weighted by atomic mass is 10.1. The Morgan fingerprint density at radius 3 is 2.50 bits per heavy atom. The highest BCUT2D eigenvalue weighted by Crippen LogP contribution is 2.34. The van der Waals surface area contributed by atoms with Crippen LogP contribution in [-0.2, 0) is 6.61 Å². The van der Waals surface area contributed by atoms with Gasteiger partial charge in [-0.25, -0.2) is 4.79 Å². The first kappa shape index (κ1) is 18.2. The maximum absolute atomic E-state index is 11.9. The number of fused-ring (bicyclic) bond motifs is 1. The van der Waals surface area contributed by atoms with Gasteiger partial charge in [0.1, 0.15) is 23.7 Å². The van der Waals surface area contributed by atoms with Crippen molar-refractivity contribution < 1.29 is 18.7 Å². The second-order valence-electron chi connectivity index (χ2n) is 6.54. The van der Waals surface area contributed by atoms with Crippen molar-refractivity contribution in [3.8, 4) is 23.0 Å². The van der Waals surface area contributed by atoms with Crippen LogP contribution in [0.2, 0.25) is 5.02 Å². The van der Waals surface area contributed by atoms with Crippen LogP contribution in [0.4, 0.5) is 0 Å². The Morgan fingerprint density at radius 2 is 1.75 bits per heavy atom. The average molecular weight is 397 g/mol. The third-order valence-electron chi connectivity index (χ3n) is 4.59. The number of halogens is 1. The normalized spacial score (nSPS) is 11.1. The summed E-state index contributed by atoms with van der Waals surface area (Å²) >= 11 is 5.89. The van der Waals surface area contributed by atoms with Crippen LogP contribution in [0, 0.1) is 13.8 Å². The van der Waals surface area contributed by atoms with E-state index in [1.54, 1.807) is 19.1 Å². The fraction of sp³-hybridized carbons (Fsp3) is 0.136. The van der Waals surface area contributed by atoms with Gasteiger partial charge in [-0.05, 0) is 49.7 Å². The maximum atomic E-state index is 11.9. The van der Waals surface area contributed by atoms with E-state index in [1.807, 2.05) is 36.4 Å². The van der Waals surface area contributed by atoms with Gasteiger partial charge in [0.05, 0.1) is 5.56 Å². The fourth-order valence-electron chi connectivity index (χ4n) is 2.93. The summed E-state index contributed by atoms with van der Waals surface area (Å²) < 4.78 is 17.0. The highest BCUT2D eigenvalue weighted by atomic mass is 35.5. The van der Waals surface area contributed by atoms with Crippen LogP contribution in [0.3, 0.4) is 0 Å². The minimum Gasteiger partial charge on any atom is -0.507 e. The quantitative estimate of drug-likeness (QED) is 0.485. The monoisotopic (exact) mass is 396 g/mol. The second-order valence-corrected chi connectivity index (χ2v) is 6.98. The summed E-state index contributed by atoms with van der Waals surface area (Å²) in [6.45, 7) is 3.59. The smallest absolute Gasteiger partial charge is 0.343 e. The van der Waals surface area contributed by atoms with E-state index in [9.17, 15) is 9.90 Å². The molecule has 0 fully saturated rings. The zero-order valence-corrected chi connectivity index (χ0v) is 16.0. The molecule has 0 saturated carbocycles. The predicted molar refractivity (Wildman–Crippen MR) is 107 cm³/mol. The highest BCUT2D eigenvalue weighted by Gasteiger charge is 2.18. The minimum atomic E-state index is -0.592. The maximum Gasteiger partial charge on any atom is 0.343 e. The van der Waals surface area contributed by atoms with Crippen molar-refractivity contribution in [2.75, 3.05) is 0 Å². The van der Waals surface area contributed by atoms with E-state index in [0.29, 0.717) is 34.3 Å². The van der Waals surface area contributed by atoms with E-state index in [4.69, 9.17) is 25.2 Å². The molecule has 0 aliphatic carbocycles. The molecule has 0 aliphatic heterocycles. The molecule has 2 aromatic heterocycles. The summed E-state index contributed by atoms with van der Waals surface area (Å²) in [5.41, 5.74) is 1.62. The molecule has 6 heteroatoms. The van der Waals surface area contributed by atoms with E-state index in [-0.39, 0.29) is 17.1 Å². The molecule has 0 unspecified atom stereocenters. The summed E-state index contributed by atoms with van der Waals surface area (Å²) in [7, 11) is 0. The SMILES string of the molecule is Cc1c(-c2cc3ccc(OCc4ccc(Cl)cc4)cc3o2)oc(=O)c(C)c1O. The molecule has 28 heavy (non-hydrogen) atoms. The fourth-order valence-corrected chi connectivity index (χ4v) is 3.05. The Kier molecular flexibility index (Phi) is 4.61. The van der Waals surface area contributed by atoms with Gasteiger partial charge in [-0.3, -0.25) is 0 Å². The lowest BCUT2D eigenvalue weighted by Gasteiger charge is -2.06. The van der Waals surface area contributed by atoms with Crippen molar-refractivity contribution in [2.45, 2.75) is 20.5 Å². The van der Waals surface area contributed by atoms with Crippen molar-refractivity contribution in [1.29, 1.82) is 0 Å². The summed E-state index contributed by atoms with van der Waals surface area (Å²) in [5.74, 6) is 1.15. The number of benzene rings is 2. The van der Waals surface area contributed by atoms with Crippen LogP contribution in [0.15, 0.2) is 62.2 Å². The van der Waals surface area contributed by atoms with Crippen LogP contribution in [0.25, 0.3) is 22.5 Å². The van der Waals surface area contributed by atoms with Crippen LogP contribution >= 0.6 is 11.6 Å². The number of aromatic hydroxyl groups is 1. The molecule has 142 valence electrons. The molecule has 0 saturated heterocycles. The summed E-state index contributed by atoms with van der Waals surface area (Å²) in [4.78, 5) is 11.9. The number of rotatable bonds is 4. The van der Waals surface area contributed by atoms with Gasteiger partial charge >= 0.3 is 5.63 Å². The Bertz CT molecular complexity index is 1220. The van der Waals surface area contributed by atoms with Crippen molar-refractivity contribution in [1.82, 2.24) is 0 Å². The van der Waals surface area contributed by atoms with E-state index < -0.39 is 5.63 Å². The molecule has 1 N–H and O–H groups in total. The van der Waals surface area contributed by atoms with Crippen molar-refractivity contribution in [2.24, 2.45) is 0 Å². The largest absolute Gasteiger partial charge is 0.507 e. The Hall–Kier alpha value is -3.18. The molecule has 0 atom stereocenters. The molecule has 0 radical (unpaired) electrons. The van der Waals surface area contributed by atoms with E-state index >= 15 is 0 Å². The molecule has 2 heterocycles. The number of hydrogen-bond acceptors (Lipinski definition) is 5. The predicted octanol–water partition coefficient (Wildman–Crippen LogP) is 5.61. The zero-order chi connectivity index (χ0) is 19.8. The first-order valence-electron chi connectivity index (χ1n) is 8.67. The van der Waals surface area contributed by atoms with E-state index in [2.05, 4.69) is 0 Å². The number of ether oxygens (including phenoxy) is 1. The average Bonchev–Trinajstić information content (AvgIpc) is 3.11. The molecule has 4 rings (SSSR count). The zero-order valence-electron chi connectivity index (χ0n) is 15.3. The molecular formula is C22H17ClO5. The van der Waals surface area contributed by atoms with Gasteiger partial charge in [0.25, 0.3) is 0 Å². The van der Waals surface area contributed by atoms with E-state index in [0.717, 1.165) is 10.9 Å². The first-order valence-corrected chi connectivity index (χ1v) is 9.04. The van der Waals surface area contributed by atoms with Gasteiger partial charge in [-0.1, -0.05) is 23.7 Å². The Labute approximate surface area is 165 Å². The Morgan fingerprint density at radius 1 is 1.00 bits per heavy atom. The molecule has 0 aliphatic rings. The molecule has 2 aromatic carbocycles. The molecule has 0 bridgehead atoms. The molecule has 4 aromatic rings. The highest BCUT2D eigenvalue weighted by molar-refractivity contribution is 6.30. The first-order chi connectivity index (χ1) is 13.4. The van der Waals surface area contributed by atoms with Crippen LogP contribution in [0.5, 0.6) is 11.5 Å². The van der Waals surface area contributed by atoms with Crippen molar-refractivity contribution in [3.05, 3.63) is 80.7 Å². The summed E-state index contributed by atoms with van der Waals surface area (Å²) in [6.07, 6.45) is 0. The molecule has 0 spiro atoms. The second kappa shape index (κ2) is 7.09. The Balaban J connectivity index is 1.64. The third kappa shape index (κ3) is 3.37. The lowest BCUT2D eigenvalue weighted by Crippen LogP contribution is -2.05. The minimum absolute atomic E-state index is 0.0845. The van der Waals surface area contributed by atoms with Crippen LogP contribution in [-0.4, -0.2) is 5.11 Å². The number of hydrogen-bond donors (Lipinski definition) is 1. The van der Waals surface area contributed by atoms with Crippen molar-refractivity contribution >= 4 is 22.6 Å². The van der Waals surface area contributed by atoms with Gasteiger partial charge in [0.2, 0.25) is 0 Å². The summed E-state index contributed by atoms with van der Waals surface area (Å²) in [6, 6.07) is 14.7. The van der Waals surface area contributed by atoms with Gasteiger partial charge in [0.15, 0.2) is 11.5 Å². The topological polar surface area (TPSA) is 72.8 Å². The molecule has 0 amide bonds. The molecule has 5 nitrogen and oxygen atoms in total. The summed E-state index contributed by atoms with van der Waals surface area (Å²) in [5, 5.41) is 11.6. The molecular weight excluding hydrogens is 380 g/mol. The van der Waals surface area contributed by atoms with Gasteiger partial charge in [0, 0.05) is 22.0 Å².